The first-order chi connectivity index (χ1) is 5.56. The summed E-state index contributed by atoms with van der Waals surface area (Å²) in [4.78, 5) is 4.05. The average molecular weight is 177 g/mol. The average Bonchev–Trinajstić information content (AvgIpc) is 1.94. The van der Waals surface area contributed by atoms with Crippen molar-refractivity contribution in [3.05, 3.63) is 0 Å². The highest BCUT2D eigenvalue weighted by Crippen LogP contribution is 1.95. The molecule has 0 bridgehead atoms. The van der Waals surface area contributed by atoms with E-state index in [1.54, 1.807) is 6.21 Å². The first-order valence-corrected chi connectivity index (χ1v) is 7.51. The molecule has 0 heterocycles. The fourth-order valence-corrected chi connectivity index (χ4v) is 0.986. The molecule has 0 unspecified atom stereocenters. The van der Waals surface area contributed by atoms with E-state index in [2.05, 4.69) is 42.0 Å². The highest BCUT2D eigenvalue weighted by molar-refractivity contribution is 6.84. The molecular formula is C10H15NSi. The van der Waals surface area contributed by atoms with Crippen molar-refractivity contribution >= 4 is 14.3 Å². The fraction of sp³-hybridized carbons (Fsp3) is 0.500. The van der Waals surface area contributed by atoms with Gasteiger partial charge in [-0.3, -0.25) is 4.99 Å². The van der Waals surface area contributed by atoms with Crippen molar-refractivity contribution < 1.29 is 0 Å². The third-order valence-electron chi connectivity index (χ3n) is 0.988. The molecule has 64 valence electrons. The molecule has 0 spiro atoms. The van der Waals surface area contributed by atoms with Crippen LogP contribution in [0, 0.1) is 23.8 Å². The summed E-state index contributed by atoms with van der Waals surface area (Å²) in [5.74, 6) is 5.46. The van der Waals surface area contributed by atoms with E-state index in [1.165, 1.54) is 0 Å². The molecule has 0 atom stereocenters. The molecule has 0 aliphatic rings. The summed E-state index contributed by atoms with van der Waals surface area (Å²) in [5, 5.41) is 0. The Morgan fingerprint density at radius 3 is 2.58 bits per heavy atom. The quantitative estimate of drug-likeness (QED) is 0.265. The Morgan fingerprint density at radius 1 is 1.42 bits per heavy atom. The zero-order chi connectivity index (χ0) is 9.45. The monoisotopic (exact) mass is 177 g/mol. The van der Waals surface area contributed by atoms with Gasteiger partial charge in [0, 0.05) is 6.42 Å². The van der Waals surface area contributed by atoms with E-state index < -0.39 is 8.07 Å². The van der Waals surface area contributed by atoms with Crippen LogP contribution in [-0.4, -0.2) is 20.8 Å². The van der Waals surface area contributed by atoms with Crippen molar-refractivity contribution in [3.63, 3.8) is 0 Å². The minimum atomic E-state index is -1.22. The minimum Gasteiger partial charge on any atom is -0.283 e. The molecule has 0 aliphatic heterocycles. The molecule has 0 saturated heterocycles. The van der Waals surface area contributed by atoms with Crippen molar-refractivity contribution in [2.75, 3.05) is 6.54 Å². The molecule has 12 heavy (non-hydrogen) atoms. The van der Waals surface area contributed by atoms with Crippen LogP contribution in [0.1, 0.15) is 6.42 Å². The number of hydrogen-bond acceptors (Lipinski definition) is 1. The topological polar surface area (TPSA) is 12.4 Å². The van der Waals surface area contributed by atoms with Gasteiger partial charge in [0.15, 0.2) is 0 Å². The molecule has 0 amide bonds. The lowest BCUT2D eigenvalue weighted by atomic mass is 10.5. The summed E-state index contributed by atoms with van der Waals surface area (Å²) in [6.07, 6.45) is 7.42. The predicted molar refractivity (Wildman–Crippen MR) is 57.9 cm³/mol. The zero-order valence-electron chi connectivity index (χ0n) is 8.02. The van der Waals surface area contributed by atoms with Crippen LogP contribution in [0.5, 0.6) is 0 Å². The number of nitrogens with zero attached hydrogens (tertiary/aromatic N) is 1. The molecule has 1 nitrogen and oxygen atoms in total. The van der Waals surface area contributed by atoms with E-state index in [-0.39, 0.29) is 0 Å². The van der Waals surface area contributed by atoms with Gasteiger partial charge >= 0.3 is 0 Å². The van der Waals surface area contributed by atoms with E-state index in [4.69, 9.17) is 6.42 Å². The van der Waals surface area contributed by atoms with Crippen LogP contribution in [-0.2, 0) is 0 Å². The Labute approximate surface area is 76.3 Å². The number of rotatable bonds is 2. The van der Waals surface area contributed by atoms with Crippen LogP contribution in [0.15, 0.2) is 4.99 Å². The maximum atomic E-state index is 5.06. The molecule has 2 heteroatoms. The normalized spacial score (nSPS) is 10.5. The Kier molecular flexibility index (Phi) is 5.17. The second kappa shape index (κ2) is 5.63. The van der Waals surface area contributed by atoms with Gasteiger partial charge in [-0.05, 0) is 0 Å². The van der Waals surface area contributed by atoms with Gasteiger partial charge in [0.05, 0.1) is 12.8 Å². The van der Waals surface area contributed by atoms with Gasteiger partial charge in [-0.25, -0.2) is 0 Å². The summed E-state index contributed by atoms with van der Waals surface area (Å²) in [6.45, 7) is 7.30. The zero-order valence-corrected chi connectivity index (χ0v) is 9.02. The first kappa shape index (κ1) is 11.0. The highest BCUT2D eigenvalue weighted by Gasteiger charge is 2.06. The van der Waals surface area contributed by atoms with Crippen molar-refractivity contribution in [1.82, 2.24) is 0 Å². The third kappa shape index (κ3) is 9.01. The molecule has 0 radical (unpaired) electrons. The fourth-order valence-electron chi connectivity index (χ4n) is 0.488. The summed E-state index contributed by atoms with van der Waals surface area (Å²) in [6, 6.07) is 0. The Morgan fingerprint density at radius 2 is 2.08 bits per heavy atom. The number of hydrogen-bond donors (Lipinski definition) is 0. The molecule has 0 aromatic carbocycles. The van der Waals surface area contributed by atoms with E-state index in [1.807, 2.05) is 0 Å². The first-order valence-electron chi connectivity index (χ1n) is 4.01. The van der Waals surface area contributed by atoms with E-state index in [0.29, 0.717) is 13.0 Å². The summed E-state index contributed by atoms with van der Waals surface area (Å²) < 4.78 is 0. The molecule has 0 aromatic heterocycles. The molecule has 0 rings (SSSR count). The van der Waals surface area contributed by atoms with Crippen molar-refractivity contribution in [2.24, 2.45) is 4.99 Å². The van der Waals surface area contributed by atoms with Gasteiger partial charge in [-0.2, -0.15) is 0 Å². The van der Waals surface area contributed by atoms with Gasteiger partial charge in [0.1, 0.15) is 8.07 Å². The predicted octanol–water partition coefficient (Wildman–Crippen LogP) is 1.96. The molecular weight excluding hydrogens is 162 g/mol. The molecule has 0 N–H and O–H groups in total. The van der Waals surface area contributed by atoms with Crippen LogP contribution in [0.4, 0.5) is 0 Å². The third-order valence-corrected chi connectivity index (χ3v) is 1.88. The largest absolute Gasteiger partial charge is 0.283 e. The summed E-state index contributed by atoms with van der Waals surface area (Å²) >= 11 is 0. The van der Waals surface area contributed by atoms with Gasteiger partial charge in [0.2, 0.25) is 0 Å². The second-order valence-corrected chi connectivity index (χ2v) is 8.26. The number of aliphatic imine (C=N–C) groups is 1. The smallest absolute Gasteiger partial charge is 0.129 e. The molecule has 0 fully saturated rings. The van der Waals surface area contributed by atoms with Gasteiger partial charge in [-0.1, -0.05) is 25.6 Å². The second-order valence-electron chi connectivity index (χ2n) is 3.51. The summed E-state index contributed by atoms with van der Waals surface area (Å²) in [5.41, 5.74) is 3.19. The number of terminal acetylenes is 1. The van der Waals surface area contributed by atoms with Crippen molar-refractivity contribution in [2.45, 2.75) is 26.1 Å². The Balaban J connectivity index is 3.73. The summed E-state index contributed by atoms with van der Waals surface area (Å²) in [7, 11) is -1.22. The van der Waals surface area contributed by atoms with E-state index in [9.17, 15) is 0 Å². The Bertz CT molecular complexity index is 242. The van der Waals surface area contributed by atoms with Crippen LogP contribution >= 0.6 is 0 Å². The van der Waals surface area contributed by atoms with Crippen LogP contribution in [0.3, 0.4) is 0 Å². The van der Waals surface area contributed by atoms with Crippen LogP contribution < -0.4 is 0 Å². The minimum absolute atomic E-state index is 0.691. The molecule has 0 aliphatic carbocycles. The van der Waals surface area contributed by atoms with Crippen LogP contribution in [0.25, 0.3) is 0 Å². The lowest BCUT2D eigenvalue weighted by Gasteiger charge is -2.01. The van der Waals surface area contributed by atoms with Crippen molar-refractivity contribution in [3.8, 4) is 23.8 Å². The van der Waals surface area contributed by atoms with Gasteiger partial charge < -0.3 is 0 Å². The maximum Gasteiger partial charge on any atom is 0.129 e. The lowest BCUT2D eigenvalue weighted by molar-refractivity contribution is 1.04. The molecule has 0 saturated carbocycles. The molecule has 0 aromatic rings. The lowest BCUT2D eigenvalue weighted by Crippen LogP contribution is -2.16. The van der Waals surface area contributed by atoms with E-state index >= 15 is 0 Å². The van der Waals surface area contributed by atoms with Crippen LogP contribution in [0.2, 0.25) is 19.6 Å². The maximum absolute atomic E-state index is 5.06. The standard InChI is InChI=1S/C10H15NSi/c1-5-6-8-11-9-7-10-12(2,3)4/h1,9H,6,8H2,2-4H3. The Hall–Kier alpha value is -0.993. The van der Waals surface area contributed by atoms with Gasteiger partial charge in [-0.15, -0.1) is 17.9 Å². The van der Waals surface area contributed by atoms with Gasteiger partial charge in [0.25, 0.3) is 0 Å². The highest BCUT2D eigenvalue weighted by atomic mass is 28.3. The van der Waals surface area contributed by atoms with Crippen molar-refractivity contribution in [1.29, 1.82) is 0 Å². The van der Waals surface area contributed by atoms with E-state index in [0.717, 1.165) is 0 Å². The SMILES string of the molecule is C#CCCN=CC#C[Si](C)(C)C.